The van der Waals surface area contributed by atoms with Gasteiger partial charge < -0.3 is 9.80 Å². The Labute approximate surface area is 186 Å². The zero-order chi connectivity index (χ0) is 21.5. The first kappa shape index (κ1) is 21.6. The molecule has 0 aliphatic carbocycles. The molecule has 2 heterocycles. The Balaban J connectivity index is 1.18. The van der Waals surface area contributed by atoms with Gasteiger partial charge in [-0.1, -0.05) is 42.5 Å². The summed E-state index contributed by atoms with van der Waals surface area (Å²) in [6, 6.07) is 18.6. The predicted molar refractivity (Wildman–Crippen MR) is 124 cm³/mol. The highest BCUT2D eigenvalue weighted by Crippen LogP contribution is 2.23. The zero-order valence-electron chi connectivity index (χ0n) is 18.5. The molecule has 0 bridgehead atoms. The van der Waals surface area contributed by atoms with E-state index < -0.39 is 0 Å². The molecule has 2 aliphatic heterocycles. The molecule has 164 valence electrons. The molecule has 2 aliphatic rings. The topological polar surface area (TPSA) is 40.6 Å². The first-order chi connectivity index (χ1) is 15.2. The van der Waals surface area contributed by atoms with Crippen LogP contribution < -0.4 is 0 Å². The van der Waals surface area contributed by atoms with Crippen molar-refractivity contribution < 1.29 is 9.59 Å². The molecular weight excluding hydrogens is 384 g/mol. The fourth-order valence-electron chi connectivity index (χ4n) is 4.85. The Morgan fingerprint density at radius 3 is 2.13 bits per heavy atom. The fourth-order valence-corrected chi connectivity index (χ4v) is 4.85. The maximum absolute atomic E-state index is 12.6. The largest absolute Gasteiger partial charge is 0.343 e. The summed E-state index contributed by atoms with van der Waals surface area (Å²) in [5, 5.41) is 0. The lowest BCUT2D eigenvalue weighted by Crippen LogP contribution is -2.38. The predicted octanol–water partition coefficient (Wildman–Crippen LogP) is 4.73. The minimum Gasteiger partial charge on any atom is -0.343 e. The van der Waals surface area contributed by atoms with Gasteiger partial charge in [0.15, 0.2) is 0 Å². The number of rotatable bonds is 7. The average Bonchev–Trinajstić information content (AvgIpc) is 3.35. The Hall–Kier alpha value is -2.62. The summed E-state index contributed by atoms with van der Waals surface area (Å²) < 4.78 is 0. The van der Waals surface area contributed by atoms with E-state index in [9.17, 15) is 9.59 Å². The van der Waals surface area contributed by atoms with Crippen LogP contribution in [0, 0.1) is 5.92 Å². The second-order valence-electron chi connectivity index (χ2n) is 9.06. The number of aryl methyl sites for hydroxylation is 1. The maximum atomic E-state index is 12.6. The monoisotopic (exact) mass is 418 g/mol. The highest BCUT2D eigenvalue weighted by atomic mass is 16.2. The van der Waals surface area contributed by atoms with Crippen molar-refractivity contribution in [3.8, 4) is 0 Å². The molecule has 4 rings (SSSR count). The molecule has 0 unspecified atom stereocenters. The summed E-state index contributed by atoms with van der Waals surface area (Å²) in [4.78, 5) is 29.1. The third-order valence-electron chi connectivity index (χ3n) is 6.78. The lowest BCUT2D eigenvalue weighted by molar-refractivity contribution is -0.132. The maximum Gasteiger partial charge on any atom is 0.253 e. The summed E-state index contributed by atoms with van der Waals surface area (Å²) in [5.74, 6) is 1.09. The van der Waals surface area contributed by atoms with Crippen LogP contribution in [0.1, 0.15) is 60.0 Å². The highest BCUT2D eigenvalue weighted by Gasteiger charge is 2.23. The Kier molecular flexibility index (Phi) is 7.39. The molecular formula is C27H34N2O2. The van der Waals surface area contributed by atoms with Crippen LogP contribution in [0.3, 0.4) is 0 Å². The molecule has 0 spiro atoms. The smallest absolute Gasteiger partial charge is 0.253 e. The second kappa shape index (κ2) is 10.6. The summed E-state index contributed by atoms with van der Waals surface area (Å²) >= 11 is 0. The number of nitrogens with zero attached hydrogens (tertiary/aromatic N) is 2. The fraction of sp³-hybridized carbons (Fsp3) is 0.481. The van der Waals surface area contributed by atoms with Crippen molar-refractivity contribution in [3.63, 3.8) is 0 Å². The van der Waals surface area contributed by atoms with Gasteiger partial charge in [-0.25, -0.2) is 0 Å². The van der Waals surface area contributed by atoms with E-state index in [2.05, 4.69) is 41.3 Å². The minimum absolute atomic E-state index is 0.170. The molecule has 2 aromatic carbocycles. The summed E-state index contributed by atoms with van der Waals surface area (Å²) in [5.41, 5.74) is 3.41. The molecule has 2 aromatic rings. The van der Waals surface area contributed by atoms with Gasteiger partial charge in [0.1, 0.15) is 0 Å². The van der Waals surface area contributed by atoms with Crippen LogP contribution in [-0.4, -0.2) is 47.8 Å². The molecule has 2 amide bonds. The van der Waals surface area contributed by atoms with Crippen molar-refractivity contribution in [2.24, 2.45) is 5.92 Å². The van der Waals surface area contributed by atoms with E-state index in [1.807, 2.05) is 23.1 Å². The Morgan fingerprint density at radius 2 is 1.45 bits per heavy atom. The summed E-state index contributed by atoms with van der Waals surface area (Å²) in [6.07, 6.45) is 7.96. The molecule has 0 aromatic heterocycles. The van der Waals surface area contributed by atoms with Crippen molar-refractivity contribution >= 4 is 11.8 Å². The number of hydrogen-bond acceptors (Lipinski definition) is 2. The van der Waals surface area contributed by atoms with Gasteiger partial charge in [0, 0.05) is 38.2 Å². The number of piperidine rings is 1. The van der Waals surface area contributed by atoms with E-state index in [0.29, 0.717) is 18.2 Å². The van der Waals surface area contributed by atoms with Crippen molar-refractivity contribution in [2.45, 2.75) is 51.4 Å². The molecule has 31 heavy (non-hydrogen) atoms. The van der Waals surface area contributed by atoms with E-state index in [1.165, 1.54) is 11.1 Å². The van der Waals surface area contributed by atoms with Gasteiger partial charge in [-0.3, -0.25) is 9.59 Å². The van der Waals surface area contributed by atoms with Crippen molar-refractivity contribution in [1.82, 2.24) is 9.80 Å². The molecule has 2 fully saturated rings. The lowest BCUT2D eigenvalue weighted by atomic mass is 9.89. The van der Waals surface area contributed by atoms with Crippen LogP contribution in [0.2, 0.25) is 0 Å². The van der Waals surface area contributed by atoms with Gasteiger partial charge in [-0.15, -0.1) is 0 Å². The minimum atomic E-state index is 0.170. The SMILES string of the molecule is O=C(CCCc1ccccc1)N1CCC(Cc2ccc(C(=O)N3CCCC3)cc2)CC1. The number of benzene rings is 2. The van der Waals surface area contributed by atoms with Crippen molar-refractivity contribution in [3.05, 3.63) is 71.3 Å². The van der Waals surface area contributed by atoms with Crippen molar-refractivity contribution in [2.75, 3.05) is 26.2 Å². The van der Waals surface area contributed by atoms with Crippen LogP contribution >= 0.6 is 0 Å². The van der Waals surface area contributed by atoms with Gasteiger partial charge in [0.05, 0.1) is 0 Å². The van der Waals surface area contributed by atoms with Crippen LogP contribution in [0.4, 0.5) is 0 Å². The number of hydrogen-bond donors (Lipinski definition) is 0. The molecule has 0 N–H and O–H groups in total. The molecule has 4 heteroatoms. The van der Waals surface area contributed by atoms with Crippen LogP contribution in [-0.2, 0) is 17.6 Å². The molecule has 0 radical (unpaired) electrons. The molecule has 4 nitrogen and oxygen atoms in total. The first-order valence-corrected chi connectivity index (χ1v) is 11.9. The quantitative estimate of drug-likeness (QED) is 0.652. The molecule has 2 saturated heterocycles. The third kappa shape index (κ3) is 5.96. The number of carbonyl (C=O) groups is 2. The number of carbonyl (C=O) groups excluding carboxylic acids is 2. The molecule has 0 atom stereocenters. The summed E-state index contributed by atoms with van der Waals surface area (Å²) in [7, 11) is 0. The lowest BCUT2D eigenvalue weighted by Gasteiger charge is -2.32. The Bertz CT molecular complexity index is 849. The van der Waals surface area contributed by atoms with Gasteiger partial charge in [0.25, 0.3) is 5.91 Å². The summed E-state index contributed by atoms with van der Waals surface area (Å²) in [6.45, 7) is 3.54. The Morgan fingerprint density at radius 1 is 0.774 bits per heavy atom. The number of amides is 2. The average molecular weight is 419 g/mol. The van der Waals surface area contributed by atoms with Crippen LogP contribution in [0.15, 0.2) is 54.6 Å². The van der Waals surface area contributed by atoms with Crippen molar-refractivity contribution in [1.29, 1.82) is 0 Å². The number of likely N-dealkylation sites (tertiary alicyclic amines) is 2. The van der Waals surface area contributed by atoms with Crippen LogP contribution in [0.5, 0.6) is 0 Å². The van der Waals surface area contributed by atoms with Gasteiger partial charge in [0.2, 0.25) is 5.91 Å². The van der Waals surface area contributed by atoms with Gasteiger partial charge in [-0.05, 0) is 74.1 Å². The second-order valence-corrected chi connectivity index (χ2v) is 9.06. The first-order valence-electron chi connectivity index (χ1n) is 11.9. The standard InChI is InChI=1S/C27H34N2O2/c30-26(10-6-9-22-7-2-1-3-8-22)28-19-15-24(16-20-28)21-23-11-13-25(14-12-23)27(31)29-17-4-5-18-29/h1-3,7-8,11-14,24H,4-6,9-10,15-21H2. The van der Waals surface area contributed by atoms with E-state index in [-0.39, 0.29) is 5.91 Å². The normalized spacial score (nSPS) is 17.2. The van der Waals surface area contributed by atoms with E-state index >= 15 is 0 Å². The third-order valence-corrected chi connectivity index (χ3v) is 6.78. The van der Waals surface area contributed by atoms with E-state index in [0.717, 1.165) is 76.7 Å². The zero-order valence-corrected chi connectivity index (χ0v) is 18.5. The van der Waals surface area contributed by atoms with Crippen LogP contribution in [0.25, 0.3) is 0 Å². The van der Waals surface area contributed by atoms with E-state index in [4.69, 9.17) is 0 Å². The molecule has 0 saturated carbocycles. The van der Waals surface area contributed by atoms with Gasteiger partial charge >= 0.3 is 0 Å². The van der Waals surface area contributed by atoms with E-state index in [1.54, 1.807) is 0 Å². The highest BCUT2D eigenvalue weighted by molar-refractivity contribution is 5.94. The van der Waals surface area contributed by atoms with Gasteiger partial charge in [-0.2, -0.15) is 0 Å².